The van der Waals surface area contributed by atoms with Crippen LogP contribution in [0.15, 0.2) is 121 Å². The van der Waals surface area contributed by atoms with E-state index in [1.54, 1.807) is 57.7 Å². The van der Waals surface area contributed by atoms with Gasteiger partial charge < -0.3 is 4.74 Å². The molecule has 0 saturated carbocycles. The van der Waals surface area contributed by atoms with Crippen molar-refractivity contribution in [2.45, 2.75) is 32.8 Å². The first-order valence-corrected chi connectivity index (χ1v) is 16.1. The van der Waals surface area contributed by atoms with Crippen LogP contribution in [0, 0.1) is 13.7 Å². The highest BCUT2D eigenvalue weighted by molar-refractivity contribution is 5.94. The number of aryl methyl sites for hydroxylation is 2. The minimum absolute atomic E-state index is 0.0393. The van der Waals surface area contributed by atoms with Crippen LogP contribution in [0.1, 0.15) is 52.4 Å². The molecule has 1 aliphatic rings. The molecule has 0 aliphatic carbocycles. The van der Waals surface area contributed by atoms with Gasteiger partial charge in [0.25, 0.3) is 0 Å². The Balaban J connectivity index is 1.19. The van der Waals surface area contributed by atoms with Crippen molar-refractivity contribution in [2.24, 2.45) is 0 Å². The highest BCUT2D eigenvalue weighted by Crippen LogP contribution is 2.49. The Bertz CT molecular complexity index is 3300. The Morgan fingerprint density at radius 3 is 1.44 bits per heavy atom. The van der Waals surface area contributed by atoms with Crippen molar-refractivity contribution < 1.29 is 21.2 Å². The third-order valence-corrected chi connectivity index (χ3v) is 9.93. The second-order valence-electron chi connectivity index (χ2n) is 12.7. The molecular formula is C43H32N6O. The van der Waals surface area contributed by atoms with Gasteiger partial charge >= 0.3 is 0 Å². The number of ether oxygens (including phenoxy) is 1. The van der Waals surface area contributed by atoms with Gasteiger partial charge in [0.1, 0.15) is 11.5 Å². The fourth-order valence-corrected chi connectivity index (χ4v) is 7.70. The Morgan fingerprint density at radius 2 is 0.980 bits per heavy atom. The molecule has 240 valence electrons. The lowest BCUT2D eigenvalue weighted by molar-refractivity contribution is 0.418. The molecule has 0 spiro atoms. The molecule has 4 aromatic heterocycles. The second kappa shape index (κ2) is 9.42. The summed E-state index contributed by atoms with van der Waals surface area (Å²) in [6.45, 7) is -11.3. The number of nitrogens with zero attached hydrogens (tertiary/aromatic N) is 6. The van der Waals surface area contributed by atoms with Crippen LogP contribution in [0.3, 0.4) is 0 Å². The fourth-order valence-electron chi connectivity index (χ4n) is 7.70. The Hall–Kier alpha value is -6.34. The maximum Gasteiger partial charge on any atom is 0.220 e. The van der Waals surface area contributed by atoms with Crippen molar-refractivity contribution in [3.05, 3.63) is 144 Å². The molecule has 10 aromatic rings. The van der Waals surface area contributed by atoms with Crippen LogP contribution in [-0.4, -0.2) is 27.9 Å². The fraction of sp³-hybridized carbons (Fsp3) is 0.116. The van der Waals surface area contributed by atoms with Gasteiger partial charge in [0, 0.05) is 44.4 Å². The summed E-state index contributed by atoms with van der Waals surface area (Å²) in [5.41, 5.74) is 2.35. The van der Waals surface area contributed by atoms with Crippen LogP contribution in [-0.2, 0) is 5.41 Å². The number of fused-ring (bicyclic) bond motifs is 12. The third kappa shape index (κ3) is 3.43. The van der Waals surface area contributed by atoms with Gasteiger partial charge in [-0.2, -0.15) is 0 Å². The molecule has 0 unspecified atom stereocenters. The molecule has 7 heteroatoms. The van der Waals surface area contributed by atoms with Crippen molar-refractivity contribution in [3.8, 4) is 22.9 Å². The van der Waals surface area contributed by atoms with Gasteiger partial charge in [-0.15, -0.1) is 0 Å². The Kier molecular flexibility index (Phi) is 3.47. The van der Waals surface area contributed by atoms with E-state index in [4.69, 9.17) is 22.9 Å². The summed E-state index contributed by atoms with van der Waals surface area (Å²) < 4.78 is 118. The van der Waals surface area contributed by atoms with Crippen LogP contribution in [0.5, 0.6) is 11.5 Å². The van der Waals surface area contributed by atoms with E-state index in [0.717, 1.165) is 0 Å². The lowest BCUT2D eigenvalue weighted by Crippen LogP contribution is -2.25. The van der Waals surface area contributed by atoms with Crippen LogP contribution >= 0.6 is 0 Å². The average molecular weight is 661 g/mol. The maximum absolute atomic E-state index is 9.18. The van der Waals surface area contributed by atoms with Gasteiger partial charge in [-0.05, 0) is 97.6 Å². The molecule has 7 nitrogen and oxygen atoms in total. The highest BCUT2D eigenvalue weighted by atomic mass is 16.5. The minimum atomic E-state index is -3.20. The molecule has 0 radical (unpaired) electrons. The molecule has 0 saturated heterocycles. The Labute approximate surface area is 304 Å². The molecule has 1 aliphatic heterocycles. The van der Waals surface area contributed by atoms with Gasteiger partial charge in [-0.3, -0.25) is 17.9 Å². The molecule has 0 bridgehead atoms. The molecule has 0 amide bonds. The number of hydrogen-bond donors (Lipinski definition) is 0. The van der Waals surface area contributed by atoms with E-state index in [1.807, 2.05) is 57.3 Å². The van der Waals surface area contributed by atoms with Gasteiger partial charge in [0.2, 0.25) is 11.6 Å². The number of benzene rings is 6. The van der Waals surface area contributed by atoms with E-state index in [1.165, 1.54) is 24.3 Å². The highest BCUT2D eigenvalue weighted by Gasteiger charge is 2.35. The van der Waals surface area contributed by atoms with Crippen LogP contribution < -0.4 is 4.74 Å². The smallest absolute Gasteiger partial charge is 0.220 e. The first-order chi connectivity index (χ1) is 29.3. The largest absolute Gasteiger partial charge is 0.457 e. The van der Waals surface area contributed by atoms with Crippen molar-refractivity contribution >= 4 is 55.7 Å². The number of para-hydroxylation sites is 6. The zero-order chi connectivity index (χ0) is 43.5. The average Bonchev–Trinajstić information content (AvgIpc) is 3.94. The first kappa shape index (κ1) is 18.4. The zero-order valence-electron chi connectivity index (χ0n) is 38.1. The summed E-state index contributed by atoms with van der Waals surface area (Å²) in [5, 5.41) is 0. The number of imidazole rings is 4. The standard InChI is InChI=1S/C43H32N6O/c1-25-11-9-17-35-39(25)44-41-46(31-13-5-7-15-33(31)48(35)41)27-19-21-37-29(23-27)43(3,4)30-24-28(20-22-38(30)50-37)47-32-14-6-8-16-34(32)49-36-18-10-12-26(2)40(36)45-42(47)49/h5-24H,1-4H3/i1D3,2D3,3D3,4D3. The van der Waals surface area contributed by atoms with Gasteiger partial charge in [0.15, 0.2) is 0 Å². The van der Waals surface area contributed by atoms with Crippen molar-refractivity contribution in [1.82, 2.24) is 27.9 Å². The summed E-state index contributed by atoms with van der Waals surface area (Å²) in [4.78, 5) is 9.74. The van der Waals surface area contributed by atoms with Crippen LogP contribution in [0.2, 0.25) is 0 Å². The van der Waals surface area contributed by atoms with E-state index in [9.17, 15) is 8.22 Å². The summed E-state index contributed by atoms with van der Waals surface area (Å²) in [7, 11) is 0. The van der Waals surface area contributed by atoms with Crippen molar-refractivity contribution in [1.29, 1.82) is 0 Å². The van der Waals surface area contributed by atoms with Gasteiger partial charge in [-0.25, -0.2) is 9.97 Å². The minimum Gasteiger partial charge on any atom is -0.457 e. The van der Waals surface area contributed by atoms with Crippen LogP contribution in [0.4, 0.5) is 0 Å². The lowest BCUT2D eigenvalue weighted by atomic mass is 9.75. The summed E-state index contributed by atoms with van der Waals surface area (Å²) >= 11 is 0. The van der Waals surface area contributed by atoms with Gasteiger partial charge in [0.05, 0.1) is 44.1 Å². The number of rotatable bonds is 2. The third-order valence-electron chi connectivity index (χ3n) is 9.93. The maximum atomic E-state index is 9.18. The normalized spacial score (nSPS) is 18.5. The summed E-state index contributed by atoms with van der Waals surface area (Å²) in [5.74, 6) is 0.751. The van der Waals surface area contributed by atoms with E-state index in [2.05, 4.69) is 0 Å². The van der Waals surface area contributed by atoms with E-state index >= 15 is 0 Å². The van der Waals surface area contributed by atoms with E-state index in [0.29, 0.717) is 56.0 Å². The zero-order valence-corrected chi connectivity index (χ0v) is 26.1. The lowest BCUT2D eigenvalue weighted by Gasteiger charge is -2.35. The SMILES string of the molecule is [2H]C([2H])([2H])c1cccc2c1nc1n(-c3ccc4c(c3)C(C([2H])([2H])[2H])(C([2H])([2H])[2H])c3cc(-n5c6ccccc6n6c7cccc(C([2H])([2H])[2H])c7nc56)ccc3O4)c3ccccc3n21. The quantitative estimate of drug-likeness (QED) is 0.185. The number of hydrogen-bond acceptors (Lipinski definition) is 3. The molecule has 50 heavy (non-hydrogen) atoms. The Morgan fingerprint density at radius 1 is 0.520 bits per heavy atom. The summed E-state index contributed by atoms with van der Waals surface area (Å²) in [6, 6.07) is 34.2. The van der Waals surface area contributed by atoms with Crippen molar-refractivity contribution in [3.63, 3.8) is 0 Å². The monoisotopic (exact) mass is 660 g/mol. The molecule has 11 rings (SSSR count). The molecule has 0 N–H and O–H groups in total. The summed E-state index contributed by atoms with van der Waals surface area (Å²) in [6.07, 6.45) is 0. The molecular weight excluding hydrogens is 617 g/mol. The molecule has 0 atom stereocenters. The van der Waals surface area contributed by atoms with Crippen molar-refractivity contribution in [2.75, 3.05) is 0 Å². The molecule has 0 fully saturated rings. The second-order valence-corrected chi connectivity index (χ2v) is 12.7. The number of aromatic nitrogens is 6. The van der Waals surface area contributed by atoms with E-state index in [-0.39, 0.29) is 44.8 Å². The molecule has 5 heterocycles. The first-order valence-electron chi connectivity index (χ1n) is 22.1. The van der Waals surface area contributed by atoms with E-state index < -0.39 is 32.8 Å². The van der Waals surface area contributed by atoms with Crippen LogP contribution in [0.25, 0.3) is 67.1 Å². The predicted octanol–water partition coefficient (Wildman–Crippen LogP) is 10.2. The molecule has 6 aromatic carbocycles. The predicted molar refractivity (Wildman–Crippen MR) is 201 cm³/mol. The van der Waals surface area contributed by atoms with Gasteiger partial charge in [-0.1, -0.05) is 62.2 Å². The topological polar surface area (TPSA) is 53.7 Å².